The second kappa shape index (κ2) is 9.12. The summed E-state index contributed by atoms with van der Waals surface area (Å²) in [5.41, 5.74) is 0.638. The molecule has 0 amide bonds. The van der Waals surface area contributed by atoms with E-state index in [9.17, 15) is 9.59 Å². The molecule has 0 atom stereocenters. The van der Waals surface area contributed by atoms with Gasteiger partial charge in [0.25, 0.3) is 0 Å². The van der Waals surface area contributed by atoms with Crippen molar-refractivity contribution in [2.75, 3.05) is 19.1 Å². The Morgan fingerprint density at radius 2 is 1.74 bits per heavy atom. The van der Waals surface area contributed by atoms with Crippen LogP contribution in [0.15, 0.2) is 24.5 Å². The van der Waals surface area contributed by atoms with Crippen molar-refractivity contribution in [3.63, 3.8) is 0 Å². The Hall–Kier alpha value is -2.12. The van der Waals surface area contributed by atoms with Crippen molar-refractivity contribution in [2.24, 2.45) is 0 Å². The molecule has 2 aromatic rings. The minimum atomic E-state index is -0.466. The number of aromatic amines is 1. The van der Waals surface area contributed by atoms with Gasteiger partial charge in [-0.15, -0.1) is 0 Å². The highest BCUT2D eigenvalue weighted by molar-refractivity contribution is 6.31. The first kappa shape index (κ1) is 18.9. The molecular formula is C14H17Cl2N3O4. The van der Waals surface area contributed by atoms with E-state index in [0.29, 0.717) is 29.0 Å². The summed E-state index contributed by atoms with van der Waals surface area (Å²) in [6.45, 7) is 4.17. The number of hydrogen-bond acceptors (Lipinski definition) is 5. The molecule has 2 heterocycles. The van der Waals surface area contributed by atoms with Crippen LogP contribution in [0.1, 0.15) is 34.8 Å². The third-order valence-electron chi connectivity index (χ3n) is 2.44. The van der Waals surface area contributed by atoms with Gasteiger partial charge in [0, 0.05) is 12.4 Å². The third kappa shape index (κ3) is 5.88. The highest BCUT2D eigenvalue weighted by Crippen LogP contribution is 2.12. The SMILES string of the molecule is CCOC(=O)c1cc(Cl)c[nH]1.CCOC(=O)c1cc(Cl)cn1N. The van der Waals surface area contributed by atoms with Crippen molar-refractivity contribution in [3.8, 4) is 0 Å². The van der Waals surface area contributed by atoms with Crippen LogP contribution in [0, 0.1) is 0 Å². The maximum atomic E-state index is 11.1. The van der Waals surface area contributed by atoms with Crippen LogP contribution < -0.4 is 5.84 Å². The third-order valence-corrected chi connectivity index (χ3v) is 2.87. The molecule has 0 radical (unpaired) electrons. The Morgan fingerprint density at radius 1 is 1.13 bits per heavy atom. The number of nitrogens with zero attached hydrogens (tertiary/aromatic N) is 1. The summed E-state index contributed by atoms with van der Waals surface area (Å²) in [7, 11) is 0. The zero-order chi connectivity index (χ0) is 17.4. The second-order valence-corrected chi connectivity index (χ2v) is 5.00. The maximum absolute atomic E-state index is 11.1. The molecule has 0 aliphatic carbocycles. The van der Waals surface area contributed by atoms with Crippen LogP contribution in [-0.4, -0.2) is 34.8 Å². The largest absolute Gasteiger partial charge is 0.461 e. The summed E-state index contributed by atoms with van der Waals surface area (Å²) in [5, 5.41) is 0.925. The lowest BCUT2D eigenvalue weighted by Gasteiger charge is -2.01. The number of carbonyl (C=O) groups is 2. The minimum absolute atomic E-state index is 0.252. The van der Waals surface area contributed by atoms with Gasteiger partial charge in [-0.1, -0.05) is 23.2 Å². The first-order valence-corrected chi connectivity index (χ1v) is 7.45. The summed E-state index contributed by atoms with van der Waals surface area (Å²) >= 11 is 11.2. The van der Waals surface area contributed by atoms with E-state index in [1.807, 2.05) is 0 Å². The van der Waals surface area contributed by atoms with Gasteiger partial charge < -0.3 is 20.3 Å². The van der Waals surface area contributed by atoms with Gasteiger partial charge in [0.1, 0.15) is 11.4 Å². The lowest BCUT2D eigenvalue weighted by molar-refractivity contribution is 0.0508. The van der Waals surface area contributed by atoms with E-state index in [1.54, 1.807) is 13.8 Å². The van der Waals surface area contributed by atoms with Gasteiger partial charge >= 0.3 is 11.9 Å². The molecular weight excluding hydrogens is 345 g/mol. The van der Waals surface area contributed by atoms with Crippen LogP contribution in [0.5, 0.6) is 0 Å². The van der Waals surface area contributed by atoms with E-state index in [0.717, 1.165) is 4.68 Å². The Bertz CT molecular complexity index is 667. The van der Waals surface area contributed by atoms with Crippen molar-refractivity contribution in [1.29, 1.82) is 0 Å². The molecule has 126 valence electrons. The Kier molecular flexibility index (Phi) is 7.50. The Balaban J connectivity index is 0.000000231. The number of carbonyl (C=O) groups excluding carboxylic acids is 2. The molecule has 7 nitrogen and oxygen atoms in total. The topological polar surface area (TPSA) is 99.3 Å². The molecule has 0 saturated carbocycles. The summed E-state index contributed by atoms with van der Waals surface area (Å²) in [4.78, 5) is 24.7. The number of aromatic nitrogens is 2. The van der Waals surface area contributed by atoms with Crippen LogP contribution in [0.2, 0.25) is 10.0 Å². The Morgan fingerprint density at radius 3 is 2.17 bits per heavy atom. The Labute approximate surface area is 143 Å². The van der Waals surface area contributed by atoms with E-state index < -0.39 is 5.97 Å². The van der Waals surface area contributed by atoms with Crippen LogP contribution in [0.4, 0.5) is 0 Å². The van der Waals surface area contributed by atoms with Crippen LogP contribution >= 0.6 is 23.2 Å². The molecule has 23 heavy (non-hydrogen) atoms. The molecule has 0 aliphatic rings. The van der Waals surface area contributed by atoms with E-state index in [-0.39, 0.29) is 11.7 Å². The number of nitrogens with two attached hydrogens (primary N) is 1. The predicted octanol–water partition coefficient (Wildman–Crippen LogP) is 2.88. The monoisotopic (exact) mass is 361 g/mol. The lowest BCUT2D eigenvalue weighted by Crippen LogP contribution is -2.16. The molecule has 0 bridgehead atoms. The molecule has 3 N–H and O–H groups in total. The fourth-order valence-electron chi connectivity index (χ4n) is 1.51. The molecule has 0 aromatic carbocycles. The van der Waals surface area contributed by atoms with E-state index in [2.05, 4.69) is 4.98 Å². The van der Waals surface area contributed by atoms with Gasteiger partial charge in [-0.2, -0.15) is 0 Å². The van der Waals surface area contributed by atoms with Crippen LogP contribution in [0.3, 0.4) is 0 Å². The van der Waals surface area contributed by atoms with Crippen molar-refractivity contribution in [3.05, 3.63) is 46.0 Å². The smallest absolute Gasteiger partial charge is 0.356 e. The van der Waals surface area contributed by atoms with Crippen LogP contribution in [-0.2, 0) is 9.47 Å². The van der Waals surface area contributed by atoms with Gasteiger partial charge in [0.05, 0.1) is 23.3 Å². The number of nitrogen functional groups attached to an aromatic ring is 1. The number of esters is 2. The van der Waals surface area contributed by atoms with Crippen LogP contribution in [0.25, 0.3) is 0 Å². The van der Waals surface area contributed by atoms with Gasteiger partial charge in [0.2, 0.25) is 0 Å². The molecule has 0 saturated heterocycles. The molecule has 0 fully saturated rings. The van der Waals surface area contributed by atoms with Gasteiger partial charge in [-0.05, 0) is 26.0 Å². The number of nitrogens with one attached hydrogen (secondary N) is 1. The molecule has 2 rings (SSSR count). The highest BCUT2D eigenvalue weighted by atomic mass is 35.5. The number of H-pyrrole nitrogens is 1. The van der Waals surface area contributed by atoms with Crippen molar-refractivity contribution in [1.82, 2.24) is 9.66 Å². The first-order valence-electron chi connectivity index (χ1n) is 6.70. The fraction of sp³-hybridized carbons (Fsp3) is 0.286. The highest BCUT2D eigenvalue weighted by Gasteiger charge is 2.12. The molecule has 0 unspecified atom stereocenters. The van der Waals surface area contributed by atoms with Crippen molar-refractivity contribution >= 4 is 35.1 Å². The average molecular weight is 362 g/mol. The van der Waals surface area contributed by atoms with Gasteiger partial charge in [-0.3, -0.25) is 4.68 Å². The summed E-state index contributed by atoms with van der Waals surface area (Å²) in [6, 6.07) is 2.99. The molecule has 2 aromatic heterocycles. The summed E-state index contributed by atoms with van der Waals surface area (Å²) in [5.74, 6) is 4.56. The van der Waals surface area contributed by atoms with Crippen molar-refractivity contribution < 1.29 is 19.1 Å². The molecule has 0 aliphatic heterocycles. The van der Waals surface area contributed by atoms with E-state index in [1.165, 1.54) is 24.5 Å². The normalized spacial score (nSPS) is 9.74. The standard InChI is InChI=1S/C7H9ClN2O2.C7H8ClNO2/c1-2-12-7(11)6-3-5(8)4-10(6)9;1-2-11-7(10)6-3-5(8)4-9-6/h3-4H,2,9H2,1H3;3-4,9H,2H2,1H3. The van der Waals surface area contributed by atoms with E-state index >= 15 is 0 Å². The molecule has 9 heteroatoms. The average Bonchev–Trinajstić information content (AvgIpc) is 3.06. The summed E-state index contributed by atoms with van der Waals surface area (Å²) in [6.07, 6.45) is 2.97. The quantitative estimate of drug-likeness (QED) is 0.644. The number of ether oxygens (including phenoxy) is 2. The number of halogens is 2. The maximum Gasteiger partial charge on any atom is 0.356 e. The number of rotatable bonds is 4. The second-order valence-electron chi connectivity index (χ2n) is 4.12. The predicted molar refractivity (Wildman–Crippen MR) is 87.3 cm³/mol. The van der Waals surface area contributed by atoms with Gasteiger partial charge in [0.15, 0.2) is 0 Å². The zero-order valence-corrected chi connectivity index (χ0v) is 14.1. The number of hydrogen-bond donors (Lipinski definition) is 2. The lowest BCUT2D eigenvalue weighted by atomic mass is 10.4. The molecule has 0 spiro atoms. The zero-order valence-electron chi connectivity index (χ0n) is 12.6. The summed E-state index contributed by atoms with van der Waals surface area (Å²) < 4.78 is 10.6. The minimum Gasteiger partial charge on any atom is -0.461 e. The fourth-order valence-corrected chi connectivity index (χ4v) is 1.88. The first-order chi connectivity index (χ1) is 10.9. The van der Waals surface area contributed by atoms with E-state index in [4.69, 9.17) is 38.5 Å². The van der Waals surface area contributed by atoms with Crippen molar-refractivity contribution in [2.45, 2.75) is 13.8 Å². The van der Waals surface area contributed by atoms with Gasteiger partial charge in [-0.25, -0.2) is 9.59 Å².